The molecule has 0 saturated carbocycles. The number of carbonyl (C=O) groups is 3. The number of H-pyrrole nitrogens is 1. The molecule has 0 saturated heterocycles. The van der Waals surface area contributed by atoms with Crippen molar-refractivity contribution in [3.05, 3.63) is 126 Å². The molecule has 4 aromatic carbocycles. The summed E-state index contributed by atoms with van der Waals surface area (Å²) in [7, 11) is 1.70. The van der Waals surface area contributed by atoms with Gasteiger partial charge < -0.3 is 24.8 Å². The third-order valence-electron chi connectivity index (χ3n) is 7.94. The molecule has 228 valence electrons. The molecule has 5 aromatic rings. The first-order valence-corrected chi connectivity index (χ1v) is 14.5. The highest BCUT2D eigenvalue weighted by molar-refractivity contribution is 6.02. The number of fused-ring (bicyclic) bond motifs is 2. The molecule has 6 rings (SSSR count). The lowest BCUT2D eigenvalue weighted by Gasteiger charge is -2.28. The molecule has 0 radical (unpaired) electrons. The minimum atomic E-state index is -0.611. The lowest BCUT2D eigenvalue weighted by Crippen LogP contribution is -2.47. The Morgan fingerprint density at radius 2 is 1.49 bits per heavy atom. The summed E-state index contributed by atoms with van der Waals surface area (Å²) in [5.74, 6) is -1.41. The smallest absolute Gasteiger partial charge is 0.271 e. The summed E-state index contributed by atoms with van der Waals surface area (Å²) in [6, 6.07) is 26.1. The maximum Gasteiger partial charge on any atom is 0.271 e. The highest BCUT2D eigenvalue weighted by atomic mass is 19.1. The van der Waals surface area contributed by atoms with Crippen LogP contribution in [0.3, 0.4) is 0 Å². The van der Waals surface area contributed by atoms with Crippen LogP contribution in [-0.4, -0.2) is 58.7 Å². The molecule has 45 heavy (non-hydrogen) atoms. The number of hydrogen-bond donors (Lipinski definition) is 2. The van der Waals surface area contributed by atoms with E-state index in [1.54, 1.807) is 48.3 Å². The predicted octanol–water partition coefficient (Wildman–Crippen LogP) is 5.95. The molecular formula is C35H30F2N4O4. The highest BCUT2D eigenvalue weighted by Crippen LogP contribution is 2.26. The van der Waals surface area contributed by atoms with E-state index in [-0.39, 0.29) is 35.5 Å². The van der Waals surface area contributed by atoms with Crippen molar-refractivity contribution >= 4 is 34.3 Å². The van der Waals surface area contributed by atoms with Gasteiger partial charge in [0.2, 0.25) is 11.8 Å². The van der Waals surface area contributed by atoms with Crippen molar-refractivity contribution in [1.29, 1.82) is 0 Å². The second-order valence-corrected chi connectivity index (χ2v) is 11.0. The zero-order valence-electron chi connectivity index (χ0n) is 24.4. The highest BCUT2D eigenvalue weighted by Gasteiger charge is 2.30. The van der Waals surface area contributed by atoms with Gasteiger partial charge in [-0.1, -0.05) is 36.4 Å². The Morgan fingerprint density at radius 1 is 0.844 bits per heavy atom. The monoisotopic (exact) mass is 608 g/mol. The Bertz CT molecular complexity index is 1850. The van der Waals surface area contributed by atoms with Gasteiger partial charge in [-0.3, -0.25) is 14.4 Å². The van der Waals surface area contributed by atoms with Crippen molar-refractivity contribution < 1.29 is 27.9 Å². The zero-order chi connectivity index (χ0) is 31.5. The van der Waals surface area contributed by atoms with Crippen LogP contribution in [-0.2, 0) is 22.4 Å². The van der Waals surface area contributed by atoms with Gasteiger partial charge in [0, 0.05) is 24.2 Å². The number of halogens is 2. The zero-order valence-corrected chi connectivity index (χ0v) is 24.4. The molecule has 0 aliphatic heterocycles. The summed E-state index contributed by atoms with van der Waals surface area (Å²) in [5, 5.41) is 3.25. The normalized spacial score (nSPS) is 12.5. The SMILES string of the molecule is CN(C(=O)CN(CC(=O)Nc1ccc(Oc2ccc(F)cc2)cc1)C(=O)c1cc2cccc(F)c2[nH]1)C1Cc2ccccc2C1. The van der Waals surface area contributed by atoms with Crippen LogP contribution in [0.1, 0.15) is 21.6 Å². The number of anilines is 1. The number of carbonyl (C=O) groups excluding carboxylic acids is 3. The summed E-state index contributed by atoms with van der Waals surface area (Å²) in [6.07, 6.45) is 1.41. The second-order valence-electron chi connectivity index (χ2n) is 11.0. The van der Waals surface area contributed by atoms with Gasteiger partial charge in [0.1, 0.15) is 41.9 Å². The maximum atomic E-state index is 14.4. The molecule has 1 aliphatic rings. The first-order valence-electron chi connectivity index (χ1n) is 14.5. The molecule has 0 unspecified atom stereocenters. The van der Waals surface area contributed by atoms with E-state index in [4.69, 9.17) is 4.74 Å². The molecule has 1 aromatic heterocycles. The fourth-order valence-electron chi connectivity index (χ4n) is 5.51. The summed E-state index contributed by atoms with van der Waals surface area (Å²) in [6.45, 7) is -0.771. The fourth-order valence-corrected chi connectivity index (χ4v) is 5.51. The number of benzene rings is 4. The van der Waals surface area contributed by atoms with E-state index in [2.05, 4.69) is 10.3 Å². The van der Waals surface area contributed by atoms with Crippen molar-refractivity contribution in [2.45, 2.75) is 18.9 Å². The van der Waals surface area contributed by atoms with Crippen LogP contribution in [0.15, 0.2) is 97.1 Å². The minimum absolute atomic E-state index is 0.0638. The van der Waals surface area contributed by atoms with Gasteiger partial charge in [-0.2, -0.15) is 0 Å². The van der Waals surface area contributed by atoms with Crippen LogP contribution in [0, 0.1) is 11.6 Å². The van der Waals surface area contributed by atoms with Crippen LogP contribution >= 0.6 is 0 Å². The first kappa shape index (κ1) is 29.6. The molecular weight excluding hydrogens is 578 g/mol. The second kappa shape index (κ2) is 12.6. The molecule has 1 aliphatic carbocycles. The van der Waals surface area contributed by atoms with Gasteiger partial charge >= 0.3 is 0 Å². The predicted molar refractivity (Wildman–Crippen MR) is 166 cm³/mol. The molecule has 0 spiro atoms. The van der Waals surface area contributed by atoms with Crippen molar-refractivity contribution in [2.24, 2.45) is 0 Å². The minimum Gasteiger partial charge on any atom is -0.457 e. The van der Waals surface area contributed by atoms with Gasteiger partial charge in [0.05, 0.1) is 5.52 Å². The fraction of sp³-hybridized carbons (Fsp3) is 0.171. The number of aromatic amines is 1. The van der Waals surface area contributed by atoms with Crippen molar-refractivity contribution in [3.63, 3.8) is 0 Å². The summed E-state index contributed by atoms with van der Waals surface area (Å²) < 4.78 is 33.2. The van der Waals surface area contributed by atoms with Gasteiger partial charge in [0.15, 0.2) is 0 Å². The molecule has 0 bridgehead atoms. The van der Waals surface area contributed by atoms with Crippen LogP contribution in [0.4, 0.5) is 14.5 Å². The number of aromatic nitrogens is 1. The van der Waals surface area contributed by atoms with E-state index < -0.39 is 24.2 Å². The number of nitrogens with one attached hydrogen (secondary N) is 2. The topological polar surface area (TPSA) is 94.7 Å². The van der Waals surface area contributed by atoms with Crippen LogP contribution in [0.2, 0.25) is 0 Å². The lowest BCUT2D eigenvalue weighted by atomic mass is 10.1. The van der Waals surface area contributed by atoms with Crippen LogP contribution < -0.4 is 10.1 Å². The van der Waals surface area contributed by atoms with Gasteiger partial charge in [-0.05, 0) is 84.6 Å². The largest absolute Gasteiger partial charge is 0.457 e. The molecule has 1 heterocycles. The third kappa shape index (κ3) is 6.70. The van der Waals surface area contributed by atoms with E-state index in [1.807, 2.05) is 24.3 Å². The summed E-state index contributed by atoms with van der Waals surface area (Å²) >= 11 is 0. The number of amides is 3. The van der Waals surface area contributed by atoms with Crippen molar-refractivity contribution in [2.75, 3.05) is 25.5 Å². The average Bonchev–Trinajstić information content (AvgIpc) is 3.68. The van der Waals surface area contributed by atoms with E-state index in [0.717, 1.165) is 4.90 Å². The quantitative estimate of drug-likeness (QED) is 0.217. The van der Waals surface area contributed by atoms with E-state index >= 15 is 0 Å². The van der Waals surface area contributed by atoms with E-state index in [1.165, 1.54) is 47.5 Å². The standard InChI is InChI=1S/C35H30F2N4O4/c1-40(27-17-22-5-2-3-6-23(22)18-27)33(43)21-41(35(44)31-19-24-7-4-8-30(37)34(24)39-31)20-32(42)38-26-11-15-29(16-12-26)45-28-13-9-25(36)10-14-28/h2-16,19,27,39H,17-18,20-21H2,1H3,(H,38,42). The third-order valence-corrected chi connectivity index (χ3v) is 7.94. The Morgan fingerprint density at radius 3 is 2.13 bits per heavy atom. The van der Waals surface area contributed by atoms with Crippen LogP contribution in [0.5, 0.6) is 11.5 Å². The van der Waals surface area contributed by atoms with E-state index in [0.29, 0.717) is 35.4 Å². The van der Waals surface area contributed by atoms with Gasteiger partial charge in [0.25, 0.3) is 5.91 Å². The Hall–Kier alpha value is -5.51. The number of rotatable bonds is 9. The van der Waals surface area contributed by atoms with Crippen molar-refractivity contribution in [1.82, 2.24) is 14.8 Å². The first-order chi connectivity index (χ1) is 21.7. The lowest BCUT2D eigenvalue weighted by molar-refractivity contribution is -0.132. The molecule has 0 atom stereocenters. The van der Waals surface area contributed by atoms with E-state index in [9.17, 15) is 23.2 Å². The maximum absolute atomic E-state index is 14.4. The number of para-hydroxylation sites is 1. The number of nitrogens with zero attached hydrogens (tertiary/aromatic N) is 2. The molecule has 10 heteroatoms. The number of ether oxygens (including phenoxy) is 1. The molecule has 3 amide bonds. The Balaban J connectivity index is 1.16. The molecule has 8 nitrogen and oxygen atoms in total. The Kier molecular flexibility index (Phi) is 8.28. The average molecular weight is 609 g/mol. The number of hydrogen-bond acceptors (Lipinski definition) is 4. The molecule has 2 N–H and O–H groups in total. The summed E-state index contributed by atoms with van der Waals surface area (Å²) in [4.78, 5) is 46.0. The van der Waals surface area contributed by atoms with Crippen molar-refractivity contribution in [3.8, 4) is 11.5 Å². The summed E-state index contributed by atoms with van der Waals surface area (Å²) in [5.41, 5.74) is 3.04. The molecule has 0 fully saturated rings. The van der Waals surface area contributed by atoms with Gasteiger partial charge in [-0.15, -0.1) is 0 Å². The Labute approximate surface area is 258 Å². The number of likely N-dealkylation sites (N-methyl/N-ethyl adjacent to an activating group) is 1. The van der Waals surface area contributed by atoms with Crippen LogP contribution in [0.25, 0.3) is 10.9 Å². The van der Waals surface area contributed by atoms with Gasteiger partial charge in [-0.25, -0.2) is 8.78 Å².